The van der Waals surface area contributed by atoms with Crippen LogP contribution in [0, 0.1) is 0 Å². The minimum atomic E-state index is -4.56. The van der Waals surface area contributed by atoms with Crippen molar-refractivity contribution in [2.24, 2.45) is 7.05 Å². The maximum absolute atomic E-state index is 12.9. The van der Waals surface area contributed by atoms with Crippen LogP contribution in [0.5, 0.6) is 5.75 Å². The predicted molar refractivity (Wildman–Crippen MR) is 94.9 cm³/mol. The lowest BCUT2D eigenvalue weighted by molar-refractivity contribution is -0.141. The molecule has 10 heteroatoms. The molecule has 0 fully saturated rings. The molecule has 27 heavy (non-hydrogen) atoms. The summed E-state index contributed by atoms with van der Waals surface area (Å²) in [4.78, 5) is 12.5. The molecule has 3 heterocycles. The number of ether oxygens (including phenoxy) is 1. The Labute approximate surface area is 156 Å². The highest BCUT2D eigenvalue weighted by Crippen LogP contribution is 2.33. The number of pyridine rings is 2. The standard InChI is InChI=1S/C17H17F3N4O2S/c1-4-26-10-6-13(27(25)5-2)15(22-8-10)16-23-11-7-14(17(18,19)20)21-9-12(11)24(16)3/h6-9H,4-5H2,1-3H3. The molecular weight excluding hydrogens is 381 g/mol. The van der Waals surface area contributed by atoms with Crippen molar-refractivity contribution in [3.05, 3.63) is 30.2 Å². The third-order valence-electron chi connectivity index (χ3n) is 3.92. The van der Waals surface area contributed by atoms with Crippen LogP contribution >= 0.6 is 0 Å². The number of aryl methyl sites for hydroxylation is 1. The molecule has 0 radical (unpaired) electrons. The van der Waals surface area contributed by atoms with Crippen LogP contribution in [0.2, 0.25) is 0 Å². The number of rotatable bonds is 5. The highest BCUT2D eigenvalue weighted by molar-refractivity contribution is 7.91. The van der Waals surface area contributed by atoms with Crippen molar-refractivity contribution < 1.29 is 22.5 Å². The lowest BCUT2D eigenvalue weighted by atomic mass is 10.3. The molecule has 3 rings (SSSR count). The van der Waals surface area contributed by atoms with E-state index in [1.165, 1.54) is 6.20 Å². The summed E-state index contributed by atoms with van der Waals surface area (Å²) in [7, 11) is 1.65. The van der Waals surface area contributed by atoms with Gasteiger partial charge in [-0.2, -0.15) is 13.2 Å². The zero-order valence-electron chi connectivity index (χ0n) is 14.9. The molecule has 0 aliphatic carbocycles. The van der Waals surface area contributed by atoms with Crippen molar-refractivity contribution in [3.63, 3.8) is 0 Å². The smallest absolute Gasteiger partial charge is 0.433 e. The summed E-state index contributed by atoms with van der Waals surface area (Å²) in [5, 5.41) is 0. The van der Waals surface area contributed by atoms with E-state index in [-0.39, 0.29) is 5.52 Å². The van der Waals surface area contributed by atoms with Crippen molar-refractivity contribution in [1.82, 2.24) is 19.5 Å². The number of hydrogen-bond donors (Lipinski definition) is 0. The van der Waals surface area contributed by atoms with Crippen LogP contribution in [0.25, 0.3) is 22.6 Å². The Hall–Kier alpha value is -2.33. The molecule has 0 N–H and O–H groups in total. The first kappa shape index (κ1) is 19.4. The SMILES string of the molecule is CCOc1cnc(-c2nc3cc(C(F)(F)F)ncc3n2C)c([S+]([O-])CC)c1. The second-order valence-corrected chi connectivity index (χ2v) is 7.34. The van der Waals surface area contributed by atoms with E-state index in [1.807, 2.05) is 6.92 Å². The monoisotopic (exact) mass is 398 g/mol. The molecule has 6 nitrogen and oxygen atoms in total. The van der Waals surface area contributed by atoms with Crippen molar-refractivity contribution in [3.8, 4) is 17.3 Å². The summed E-state index contributed by atoms with van der Waals surface area (Å²) in [6.07, 6.45) is -1.95. The molecule has 1 atom stereocenters. The average Bonchev–Trinajstić information content (AvgIpc) is 2.96. The molecule has 0 aromatic carbocycles. The first-order valence-corrected chi connectivity index (χ1v) is 9.49. The molecule has 0 spiro atoms. The van der Waals surface area contributed by atoms with E-state index in [4.69, 9.17) is 4.74 Å². The second-order valence-electron chi connectivity index (χ2n) is 5.64. The second kappa shape index (κ2) is 7.35. The molecule has 0 aliphatic heterocycles. The van der Waals surface area contributed by atoms with E-state index in [9.17, 15) is 17.7 Å². The Bertz CT molecular complexity index is 975. The summed E-state index contributed by atoms with van der Waals surface area (Å²) < 4.78 is 58.2. The van der Waals surface area contributed by atoms with Crippen LogP contribution < -0.4 is 4.74 Å². The van der Waals surface area contributed by atoms with Crippen LogP contribution in [0.3, 0.4) is 0 Å². The molecule has 144 valence electrons. The topological polar surface area (TPSA) is 75.9 Å². The quantitative estimate of drug-likeness (QED) is 0.614. The molecule has 3 aromatic heterocycles. The van der Waals surface area contributed by atoms with Gasteiger partial charge in [0.15, 0.2) is 16.4 Å². The van der Waals surface area contributed by atoms with Gasteiger partial charge in [-0.3, -0.25) is 0 Å². The number of nitrogens with zero attached hydrogens (tertiary/aromatic N) is 4. The van der Waals surface area contributed by atoms with Gasteiger partial charge in [-0.1, -0.05) is 0 Å². The van der Waals surface area contributed by atoms with E-state index in [1.54, 1.807) is 24.6 Å². The van der Waals surface area contributed by atoms with E-state index in [0.717, 1.165) is 12.3 Å². The van der Waals surface area contributed by atoms with E-state index >= 15 is 0 Å². The molecule has 3 aromatic rings. The maximum atomic E-state index is 12.9. The Morgan fingerprint density at radius 1 is 1.19 bits per heavy atom. The van der Waals surface area contributed by atoms with Crippen LogP contribution in [0.4, 0.5) is 13.2 Å². The van der Waals surface area contributed by atoms with Gasteiger partial charge >= 0.3 is 6.18 Å². The van der Waals surface area contributed by atoms with Gasteiger partial charge in [0.25, 0.3) is 0 Å². The number of halogens is 3. The normalized spacial score (nSPS) is 13.1. The fraction of sp³-hybridized carbons (Fsp3) is 0.353. The largest absolute Gasteiger partial charge is 0.611 e. The van der Waals surface area contributed by atoms with Crippen molar-refractivity contribution in [2.75, 3.05) is 12.4 Å². The minimum absolute atomic E-state index is 0.138. The first-order valence-electron chi connectivity index (χ1n) is 8.17. The molecule has 0 saturated heterocycles. The third-order valence-corrected chi connectivity index (χ3v) is 5.24. The highest BCUT2D eigenvalue weighted by atomic mass is 32.2. The summed E-state index contributed by atoms with van der Waals surface area (Å²) >= 11 is -1.36. The minimum Gasteiger partial charge on any atom is -0.611 e. The lowest BCUT2D eigenvalue weighted by Crippen LogP contribution is -2.09. The number of alkyl halides is 3. The van der Waals surface area contributed by atoms with E-state index < -0.39 is 23.0 Å². The third kappa shape index (κ3) is 3.72. The predicted octanol–water partition coefficient (Wildman–Crippen LogP) is 3.58. The van der Waals surface area contributed by atoms with Gasteiger partial charge in [0.05, 0.1) is 30.0 Å². The van der Waals surface area contributed by atoms with E-state index in [0.29, 0.717) is 40.0 Å². The summed E-state index contributed by atoms with van der Waals surface area (Å²) in [6, 6.07) is 2.52. The highest BCUT2D eigenvalue weighted by Gasteiger charge is 2.33. The Kier molecular flexibility index (Phi) is 5.29. The maximum Gasteiger partial charge on any atom is 0.433 e. The van der Waals surface area contributed by atoms with Gasteiger partial charge in [-0.25, -0.2) is 15.0 Å². The van der Waals surface area contributed by atoms with Gasteiger partial charge in [-0.05, 0) is 31.1 Å². The van der Waals surface area contributed by atoms with Gasteiger partial charge in [-0.15, -0.1) is 0 Å². The zero-order valence-corrected chi connectivity index (χ0v) is 15.7. The molecule has 0 bridgehead atoms. The lowest BCUT2D eigenvalue weighted by Gasteiger charge is -2.13. The van der Waals surface area contributed by atoms with Crippen LogP contribution in [0.15, 0.2) is 29.4 Å². The molecule has 0 aliphatic rings. The average molecular weight is 398 g/mol. The van der Waals surface area contributed by atoms with Crippen LogP contribution in [0.1, 0.15) is 19.5 Å². The van der Waals surface area contributed by atoms with Crippen molar-refractivity contribution >= 4 is 22.2 Å². The summed E-state index contributed by atoms with van der Waals surface area (Å²) in [5.74, 6) is 1.14. The number of imidazole rings is 1. The van der Waals surface area contributed by atoms with Gasteiger partial charge in [0.2, 0.25) is 0 Å². The molecular formula is C17H17F3N4O2S. The van der Waals surface area contributed by atoms with Crippen LogP contribution in [-0.4, -0.2) is 36.4 Å². The van der Waals surface area contributed by atoms with Crippen LogP contribution in [-0.2, 0) is 24.4 Å². The molecule has 0 saturated carbocycles. The Morgan fingerprint density at radius 3 is 2.56 bits per heavy atom. The van der Waals surface area contributed by atoms with Gasteiger partial charge in [0, 0.05) is 13.1 Å². The van der Waals surface area contributed by atoms with Crippen molar-refractivity contribution in [1.29, 1.82) is 0 Å². The summed E-state index contributed by atoms with van der Waals surface area (Å²) in [6.45, 7) is 4.01. The van der Waals surface area contributed by atoms with E-state index in [2.05, 4.69) is 15.0 Å². The number of aromatic nitrogens is 4. The zero-order chi connectivity index (χ0) is 19.8. The Balaban J connectivity index is 2.18. The Morgan fingerprint density at radius 2 is 1.93 bits per heavy atom. The fourth-order valence-corrected chi connectivity index (χ4v) is 3.54. The fourth-order valence-electron chi connectivity index (χ4n) is 2.62. The summed E-state index contributed by atoms with van der Waals surface area (Å²) in [5.41, 5.74) is -0.122. The number of hydrogen-bond acceptors (Lipinski definition) is 5. The number of fused-ring (bicyclic) bond motifs is 1. The van der Waals surface area contributed by atoms with Gasteiger partial charge in [0.1, 0.15) is 17.2 Å². The molecule has 1 unspecified atom stereocenters. The van der Waals surface area contributed by atoms with Crippen molar-refractivity contribution in [2.45, 2.75) is 24.9 Å². The van der Waals surface area contributed by atoms with Gasteiger partial charge < -0.3 is 13.9 Å². The molecule has 0 amide bonds. The first-order chi connectivity index (χ1) is 12.8.